The molecule has 4 heterocycles. The quantitative estimate of drug-likeness (QED) is 0.182. The summed E-state index contributed by atoms with van der Waals surface area (Å²) >= 11 is 4.77. The number of ether oxygens (including phenoxy) is 2. The maximum Gasteiger partial charge on any atom is 0.234 e. The van der Waals surface area contributed by atoms with E-state index in [4.69, 9.17) is 14.5 Å². The van der Waals surface area contributed by atoms with Gasteiger partial charge in [0.1, 0.15) is 10.6 Å². The fourth-order valence-corrected chi connectivity index (χ4v) is 7.05. The lowest BCUT2D eigenvalue weighted by molar-refractivity contribution is -0.113. The molecule has 1 aliphatic heterocycles. The van der Waals surface area contributed by atoms with Crippen LogP contribution in [0, 0.1) is 0 Å². The summed E-state index contributed by atoms with van der Waals surface area (Å²) in [6.07, 6.45) is 2.80. The summed E-state index contributed by atoms with van der Waals surface area (Å²) in [5.74, 6) is 1.83. The van der Waals surface area contributed by atoms with Gasteiger partial charge >= 0.3 is 0 Å². The van der Waals surface area contributed by atoms with Crippen molar-refractivity contribution in [1.82, 2.24) is 19.6 Å². The largest absolute Gasteiger partial charge is 0.494 e. The summed E-state index contributed by atoms with van der Waals surface area (Å²) in [6.45, 7) is 9.64. The van der Waals surface area contributed by atoms with E-state index >= 15 is 0 Å². The molecule has 11 heteroatoms. The highest BCUT2D eigenvalue weighted by molar-refractivity contribution is 8.00. The van der Waals surface area contributed by atoms with E-state index in [1.807, 2.05) is 35.6 Å². The van der Waals surface area contributed by atoms with E-state index in [1.54, 1.807) is 23.1 Å². The summed E-state index contributed by atoms with van der Waals surface area (Å²) in [6, 6.07) is 7.38. The topological polar surface area (TPSA) is 90.6 Å². The van der Waals surface area contributed by atoms with E-state index in [2.05, 4.69) is 36.3 Å². The molecule has 0 saturated carbocycles. The second kappa shape index (κ2) is 11.2. The molecule has 0 radical (unpaired) electrons. The Morgan fingerprint density at radius 1 is 1.19 bits per heavy atom. The number of thioether (sulfide) groups is 2. The van der Waals surface area contributed by atoms with Crippen LogP contribution in [0.15, 0.2) is 34.6 Å². The van der Waals surface area contributed by atoms with Crippen LogP contribution in [-0.4, -0.2) is 49.2 Å². The van der Waals surface area contributed by atoms with Gasteiger partial charge in [-0.1, -0.05) is 37.4 Å². The first kappa shape index (κ1) is 26.3. The molecule has 1 aromatic carbocycles. The average Bonchev–Trinajstić information content (AvgIpc) is 3.48. The molecule has 0 spiro atoms. The Bertz CT molecular complexity index is 1420. The monoisotopic (exact) mass is 557 g/mol. The molecule has 1 N–H and O–H groups in total. The van der Waals surface area contributed by atoms with Crippen LogP contribution in [0.3, 0.4) is 0 Å². The summed E-state index contributed by atoms with van der Waals surface area (Å²) in [4.78, 5) is 20.0. The highest BCUT2D eigenvalue weighted by Crippen LogP contribution is 2.42. The molecule has 196 valence electrons. The average molecular weight is 558 g/mol. The van der Waals surface area contributed by atoms with Crippen LogP contribution in [0.25, 0.3) is 15.9 Å². The molecule has 1 atom stereocenters. The Hall–Kier alpha value is -2.34. The van der Waals surface area contributed by atoms with E-state index in [9.17, 15) is 4.79 Å². The molecule has 0 aliphatic carbocycles. The van der Waals surface area contributed by atoms with Gasteiger partial charge in [0.15, 0.2) is 16.0 Å². The Labute approximate surface area is 228 Å². The lowest BCUT2D eigenvalue weighted by atomic mass is 9.90. The number of amides is 1. The van der Waals surface area contributed by atoms with Crippen molar-refractivity contribution in [2.24, 2.45) is 0 Å². The predicted molar refractivity (Wildman–Crippen MR) is 151 cm³/mol. The van der Waals surface area contributed by atoms with Gasteiger partial charge in [-0.25, -0.2) is 9.38 Å². The van der Waals surface area contributed by atoms with Gasteiger partial charge in [0.05, 0.1) is 30.0 Å². The van der Waals surface area contributed by atoms with Crippen LogP contribution in [0.4, 0.5) is 5.69 Å². The number of anilines is 1. The fraction of sp³-hybridized carbons (Fsp3) is 0.462. The lowest BCUT2D eigenvalue weighted by Gasteiger charge is -2.33. The van der Waals surface area contributed by atoms with Gasteiger partial charge in [-0.05, 0) is 56.5 Å². The zero-order valence-electron chi connectivity index (χ0n) is 21.5. The first-order valence-corrected chi connectivity index (χ1v) is 15.3. The number of benzene rings is 1. The molecule has 5 rings (SSSR count). The van der Waals surface area contributed by atoms with Crippen molar-refractivity contribution in [3.05, 3.63) is 34.7 Å². The van der Waals surface area contributed by atoms with Crippen molar-refractivity contribution >= 4 is 62.3 Å². The van der Waals surface area contributed by atoms with Crippen molar-refractivity contribution in [3.63, 3.8) is 0 Å². The number of nitrogens with zero attached hydrogens (tertiary/aromatic N) is 4. The number of thiophene rings is 1. The highest BCUT2D eigenvalue weighted by atomic mass is 32.2. The van der Waals surface area contributed by atoms with Gasteiger partial charge in [0, 0.05) is 22.7 Å². The Balaban J connectivity index is 1.43. The first-order chi connectivity index (χ1) is 17.9. The third-order valence-corrected chi connectivity index (χ3v) is 9.56. The molecular weight excluding hydrogens is 527 g/mol. The van der Waals surface area contributed by atoms with Crippen LogP contribution in [-0.2, 0) is 22.6 Å². The number of carbonyl (C=O) groups excluding carboxylic acids is 1. The van der Waals surface area contributed by atoms with Crippen LogP contribution in [0.2, 0.25) is 0 Å². The van der Waals surface area contributed by atoms with Crippen LogP contribution in [0.1, 0.15) is 51.0 Å². The maximum absolute atomic E-state index is 12.7. The van der Waals surface area contributed by atoms with Gasteiger partial charge in [0.25, 0.3) is 0 Å². The van der Waals surface area contributed by atoms with Crippen molar-refractivity contribution in [2.45, 2.75) is 69.5 Å². The Kier molecular flexibility index (Phi) is 7.94. The first-order valence-electron chi connectivity index (χ1n) is 12.6. The summed E-state index contributed by atoms with van der Waals surface area (Å²) < 4.78 is 13.7. The fourth-order valence-electron chi connectivity index (χ4n) is 4.26. The third-order valence-electron chi connectivity index (χ3n) is 6.38. The highest BCUT2D eigenvalue weighted by Gasteiger charge is 2.33. The number of aromatic nitrogens is 4. The molecule has 0 saturated heterocycles. The number of hydrogen-bond acceptors (Lipinski definition) is 9. The molecule has 3 aromatic heterocycles. The molecule has 4 aromatic rings. The van der Waals surface area contributed by atoms with Gasteiger partial charge in [-0.15, -0.1) is 21.5 Å². The summed E-state index contributed by atoms with van der Waals surface area (Å²) in [7, 11) is 0. The van der Waals surface area contributed by atoms with Gasteiger partial charge in [0.2, 0.25) is 5.91 Å². The van der Waals surface area contributed by atoms with Crippen molar-refractivity contribution < 1.29 is 14.3 Å². The van der Waals surface area contributed by atoms with Crippen molar-refractivity contribution in [3.8, 4) is 5.75 Å². The SMILES string of the molecule is CCCSc1nc2sc3c(c2c2nnc(SCC(=O)Nc4ccc(OCC)cc4)n12)C[C@](C)(CC)OC3. The van der Waals surface area contributed by atoms with Crippen LogP contribution < -0.4 is 10.1 Å². The smallest absolute Gasteiger partial charge is 0.234 e. The molecule has 0 unspecified atom stereocenters. The van der Waals surface area contributed by atoms with E-state index in [0.717, 1.165) is 57.5 Å². The molecular formula is C26H31N5O3S3. The molecule has 1 aliphatic rings. The van der Waals surface area contributed by atoms with E-state index in [-0.39, 0.29) is 17.3 Å². The minimum atomic E-state index is -0.190. The van der Waals surface area contributed by atoms with Gasteiger partial charge in [-0.3, -0.25) is 4.79 Å². The normalized spacial score (nSPS) is 17.3. The Morgan fingerprint density at radius 3 is 2.73 bits per heavy atom. The number of hydrogen-bond donors (Lipinski definition) is 1. The molecule has 1 amide bonds. The van der Waals surface area contributed by atoms with Crippen molar-refractivity contribution in [2.75, 3.05) is 23.4 Å². The summed E-state index contributed by atoms with van der Waals surface area (Å²) in [5, 5.41) is 14.7. The van der Waals surface area contributed by atoms with E-state index < -0.39 is 0 Å². The standard InChI is InChI=1S/C26H31N5O3S3/c1-5-12-35-24-28-23-21(18-13-26(4,6-2)34-14-19(18)37-23)22-29-30-25(31(22)24)36-15-20(32)27-16-8-10-17(11-9-16)33-7-3/h8-11H,5-7,12-15H2,1-4H3,(H,27,32)/t26-/m0/s1. The van der Waals surface area contributed by atoms with E-state index in [1.165, 1.54) is 22.2 Å². The second-order valence-corrected chi connectivity index (χ2v) is 12.2. The van der Waals surface area contributed by atoms with Gasteiger partial charge in [-0.2, -0.15) is 0 Å². The van der Waals surface area contributed by atoms with Crippen LogP contribution >= 0.6 is 34.9 Å². The zero-order chi connectivity index (χ0) is 26.0. The van der Waals surface area contributed by atoms with Crippen molar-refractivity contribution in [1.29, 1.82) is 0 Å². The minimum Gasteiger partial charge on any atom is -0.494 e. The third kappa shape index (κ3) is 5.45. The molecule has 0 fully saturated rings. The van der Waals surface area contributed by atoms with E-state index in [0.29, 0.717) is 18.4 Å². The van der Waals surface area contributed by atoms with Crippen LogP contribution in [0.5, 0.6) is 5.75 Å². The Morgan fingerprint density at radius 2 is 2.00 bits per heavy atom. The molecule has 37 heavy (non-hydrogen) atoms. The van der Waals surface area contributed by atoms with Gasteiger partial charge < -0.3 is 14.8 Å². The number of nitrogens with one attached hydrogen (secondary N) is 1. The maximum atomic E-state index is 12.7. The zero-order valence-corrected chi connectivity index (χ0v) is 23.9. The molecule has 8 nitrogen and oxygen atoms in total. The summed E-state index contributed by atoms with van der Waals surface area (Å²) in [5.41, 5.74) is 2.63. The number of rotatable bonds is 10. The minimum absolute atomic E-state index is 0.105. The number of carbonyl (C=O) groups is 1. The lowest BCUT2D eigenvalue weighted by Crippen LogP contribution is -2.33. The second-order valence-electron chi connectivity index (χ2n) is 9.13. The molecule has 0 bridgehead atoms. The predicted octanol–water partition coefficient (Wildman–Crippen LogP) is 6.21. The number of fused-ring (bicyclic) bond motifs is 5.